The van der Waals surface area contributed by atoms with E-state index in [0.29, 0.717) is 32.2 Å². The Hall–Kier alpha value is -2.86. The Morgan fingerprint density at radius 1 is 0.857 bits per heavy atom. The van der Waals surface area contributed by atoms with Gasteiger partial charge in [0.2, 0.25) is 11.8 Å². The molecular weight excluding hydrogens is 464 g/mol. The fourth-order valence-corrected chi connectivity index (χ4v) is 3.47. The molecule has 0 radical (unpaired) electrons. The number of Topliss-reactive ketones (excluding diaryl/α,β-unsaturated/α-hetero) is 2. The molecule has 0 aromatic rings. The first kappa shape index (κ1) is 32.1. The minimum atomic E-state index is -1.32. The second kappa shape index (κ2) is 18.5. The first-order chi connectivity index (χ1) is 16.5. The lowest BCUT2D eigenvalue weighted by atomic mass is 9.95. The highest BCUT2D eigenvalue weighted by Crippen LogP contribution is 2.14. The van der Waals surface area contributed by atoms with Gasteiger partial charge in [-0.1, -0.05) is 13.3 Å². The molecule has 0 saturated carbocycles. The van der Waals surface area contributed by atoms with Gasteiger partial charge in [0.1, 0.15) is 19.3 Å². The third-order valence-corrected chi connectivity index (χ3v) is 5.55. The van der Waals surface area contributed by atoms with Crippen molar-refractivity contribution in [2.75, 3.05) is 26.9 Å². The number of carbonyl (C=O) groups excluding carboxylic acids is 4. The van der Waals surface area contributed by atoms with Crippen molar-refractivity contribution in [3.8, 4) is 0 Å². The third-order valence-electron chi connectivity index (χ3n) is 5.55. The van der Waals surface area contributed by atoms with Crippen LogP contribution in [0.4, 0.5) is 0 Å². The molecule has 0 unspecified atom stereocenters. The number of aliphatic hydroxyl groups is 1. The average molecular weight is 503 g/mol. The molecule has 3 atom stereocenters. The molecule has 0 aliphatic heterocycles. The molecule has 0 aliphatic carbocycles. The van der Waals surface area contributed by atoms with E-state index in [4.69, 9.17) is 5.11 Å². The summed E-state index contributed by atoms with van der Waals surface area (Å²) in [5, 5.41) is 32.4. The second-order valence-electron chi connectivity index (χ2n) is 8.32. The number of aliphatic carboxylic acids is 2. The number of carbonyl (C=O) groups is 6. The van der Waals surface area contributed by atoms with Crippen LogP contribution < -0.4 is 10.6 Å². The maximum Gasteiger partial charge on any atom is 0.326 e. The number of carboxylic acid groups (broad SMARTS) is 2. The number of nitrogens with one attached hydrogen (secondary N) is 2. The monoisotopic (exact) mass is 502 g/mol. The number of hydrogen-bond acceptors (Lipinski definition) is 8. The van der Waals surface area contributed by atoms with E-state index < -0.39 is 42.2 Å². The summed E-state index contributed by atoms with van der Waals surface area (Å²) < 4.78 is 4.66. The predicted octanol–water partition coefficient (Wildman–Crippen LogP) is 0.297. The number of ether oxygens (including phenoxy) is 1. The lowest BCUT2D eigenvalue weighted by Crippen LogP contribution is -2.42. The molecule has 0 fully saturated rings. The molecule has 35 heavy (non-hydrogen) atoms. The molecule has 5 N–H and O–H groups in total. The first-order valence-electron chi connectivity index (χ1n) is 11.7. The van der Waals surface area contributed by atoms with Crippen LogP contribution in [0.5, 0.6) is 0 Å². The van der Waals surface area contributed by atoms with Gasteiger partial charge in [0, 0.05) is 38.8 Å². The van der Waals surface area contributed by atoms with Crippen molar-refractivity contribution in [2.24, 2.45) is 11.8 Å². The first-order valence-corrected chi connectivity index (χ1v) is 11.7. The summed E-state index contributed by atoms with van der Waals surface area (Å²) in [6.07, 6.45) is 1.54. The number of carboxylic acids is 2. The van der Waals surface area contributed by atoms with Crippen LogP contribution in [0.3, 0.4) is 0 Å². The number of ketones is 2. The van der Waals surface area contributed by atoms with Crippen molar-refractivity contribution in [1.29, 1.82) is 0 Å². The van der Waals surface area contributed by atoms with Gasteiger partial charge >= 0.3 is 11.9 Å². The molecule has 0 rings (SSSR count). The molecule has 0 aliphatic rings. The van der Waals surface area contributed by atoms with Gasteiger partial charge in [-0.3, -0.25) is 24.0 Å². The molecule has 12 heteroatoms. The van der Waals surface area contributed by atoms with Crippen LogP contribution in [-0.2, 0) is 33.5 Å². The third kappa shape index (κ3) is 14.9. The molecule has 0 bridgehead atoms. The Kier molecular flexibility index (Phi) is 17.0. The Morgan fingerprint density at radius 3 is 2.06 bits per heavy atom. The largest absolute Gasteiger partial charge is 0.481 e. The number of rotatable bonds is 21. The van der Waals surface area contributed by atoms with Crippen LogP contribution in [-0.4, -0.2) is 83.5 Å². The highest BCUT2D eigenvalue weighted by molar-refractivity contribution is 5.86. The number of amides is 2. The van der Waals surface area contributed by atoms with Crippen molar-refractivity contribution in [3.05, 3.63) is 0 Å². The summed E-state index contributed by atoms with van der Waals surface area (Å²) in [7, 11) is 1.30. The van der Waals surface area contributed by atoms with E-state index in [0.717, 1.165) is 0 Å². The lowest BCUT2D eigenvalue weighted by Gasteiger charge is -2.16. The van der Waals surface area contributed by atoms with Gasteiger partial charge in [0.25, 0.3) is 0 Å². The molecule has 0 aromatic carbocycles. The van der Waals surface area contributed by atoms with Crippen LogP contribution in [0, 0.1) is 11.8 Å². The normalized spacial score (nSPS) is 13.3. The number of methoxy groups -OCH3 is 1. The summed E-state index contributed by atoms with van der Waals surface area (Å²) in [5.74, 6) is -5.54. The van der Waals surface area contributed by atoms with Gasteiger partial charge in [-0.2, -0.15) is 0 Å². The van der Waals surface area contributed by atoms with Crippen LogP contribution in [0.2, 0.25) is 0 Å². The Balaban J connectivity index is 4.39. The molecule has 0 heterocycles. The fraction of sp³-hybridized carbons (Fsp3) is 0.739. The van der Waals surface area contributed by atoms with Crippen molar-refractivity contribution in [1.82, 2.24) is 10.6 Å². The van der Waals surface area contributed by atoms with Gasteiger partial charge in [-0.05, 0) is 32.1 Å². The van der Waals surface area contributed by atoms with Crippen molar-refractivity contribution in [3.63, 3.8) is 0 Å². The quantitative estimate of drug-likeness (QED) is 0.136. The van der Waals surface area contributed by atoms with Crippen molar-refractivity contribution >= 4 is 35.3 Å². The highest BCUT2D eigenvalue weighted by atomic mass is 16.5. The maximum absolute atomic E-state index is 12.1. The molecule has 0 aromatic heterocycles. The van der Waals surface area contributed by atoms with Gasteiger partial charge in [-0.25, -0.2) is 4.79 Å². The maximum atomic E-state index is 12.1. The summed E-state index contributed by atoms with van der Waals surface area (Å²) >= 11 is 0. The van der Waals surface area contributed by atoms with E-state index >= 15 is 0 Å². The molecule has 2 amide bonds. The van der Waals surface area contributed by atoms with E-state index in [1.54, 1.807) is 0 Å². The second-order valence-corrected chi connectivity index (χ2v) is 8.32. The van der Waals surface area contributed by atoms with E-state index in [2.05, 4.69) is 15.4 Å². The molecule has 0 saturated heterocycles. The SMILES string of the molecule is CC[C@@H](CCCCNC(=O)CC[C@H](NC(=O)CC[C@H](CC(=O)COC)C(=O)O)C(=O)O)C(=O)CO. The molecule has 12 nitrogen and oxygen atoms in total. The Bertz CT molecular complexity index is 725. The summed E-state index contributed by atoms with van der Waals surface area (Å²) in [6.45, 7) is 1.50. The minimum Gasteiger partial charge on any atom is -0.481 e. The van der Waals surface area contributed by atoms with Crippen LogP contribution in [0.15, 0.2) is 0 Å². The van der Waals surface area contributed by atoms with E-state index in [-0.39, 0.29) is 56.3 Å². The van der Waals surface area contributed by atoms with Crippen LogP contribution in [0.1, 0.15) is 64.7 Å². The highest BCUT2D eigenvalue weighted by Gasteiger charge is 2.25. The standard InChI is InChI=1S/C23H38N2O10/c1-3-15(19(28)13-26)6-4-5-11-24-20(29)10-8-18(23(33)34)25-21(30)9-7-16(22(31)32)12-17(27)14-35-2/h15-16,18,26H,3-14H2,1-2H3,(H,24,29)(H,25,30)(H,31,32)(H,33,34)/t15-,16+,18-/m0/s1. The predicted molar refractivity (Wildman–Crippen MR) is 123 cm³/mol. The number of unbranched alkanes of at least 4 members (excludes halogenated alkanes) is 1. The minimum absolute atomic E-state index is 0.138. The zero-order chi connectivity index (χ0) is 26.8. The smallest absolute Gasteiger partial charge is 0.326 e. The van der Waals surface area contributed by atoms with Crippen LogP contribution >= 0.6 is 0 Å². The van der Waals surface area contributed by atoms with Gasteiger partial charge in [0.05, 0.1) is 5.92 Å². The Morgan fingerprint density at radius 2 is 1.51 bits per heavy atom. The van der Waals surface area contributed by atoms with E-state index in [1.807, 2.05) is 6.92 Å². The van der Waals surface area contributed by atoms with Crippen molar-refractivity contribution in [2.45, 2.75) is 70.8 Å². The van der Waals surface area contributed by atoms with E-state index in [9.17, 15) is 39.0 Å². The molecule has 0 spiro atoms. The summed E-state index contributed by atoms with van der Waals surface area (Å²) in [4.78, 5) is 70.0. The summed E-state index contributed by atoms with van der Waals surface area (Å²) in [6, 6.07) is -1.32. The number of aliphatic hydroxyl groups excluding tert-OH is 1. The fourth-order valence-electron chi connectivity index (χ4n) is 3.47. The zero-order valence-electron chi connectivity index (χ0n) is 20.4. The van der Waals surface area contributed by atoms with Gasteiger partial charge in [-0.15, -0.1) is 0 Å². The number of hydrogen-bond donors (Lipinski definition) is 5. The molecule has 200 valence electrons. The zero-order valence-corrected chi connectivity index (χ0v) is 20.4. The van der Waals surface area contributed by atoms with Crippen LogP contribution in [0.25, 0.3) is 0 Å². The molecular formula is C23H38N2O10. The van der Waals surface area contributed by atoms with Crippen molar-refractivity contribution < 1.29 is 48.8 Å². The van der Waals surface area contributed by atoms with Gasteiger partial charge in [0.15, 0.2) is 11.6 Å². The Labute approximate surface area is 204 Å². The van der Waals surface area contributed by atoms with Gasteiger partial charge < -0.3 is 30.7 Å². The topological polar surface area (TPSA) is 196 Å². The lowest BCUT2D eigenvalue weighted by molar-refractivity contribution is -0.145. The van der Waals surface area contributed by atoms with E-state index in [1.165, 1.54) is 7.11 Å². The average Bonchev–Trinajstić information content (AvgIpc) is 2.80. The summed E-state index contributed by atoms with van der Waals surface area (Å²) in [5.41, 5.74) is 0.